The molecule has 0 aliphatic rings. The number of benzene rings is 2. The number of anilines is 3. The van der Waals surface area contributed by atoms with Gasteiger partial charge in [-0.3, -0.25) is 14.8 Å². The van der Waals surface area contributed by atoms with E-state index >= 15 is 0 Å². The maximum atomic E-state index is 9.47. The summed E-state index contributed by atoms with van der Waals surface area (Å²) < 4.78 is 1.70. The lowest BCUT2D eigenvalue weighted by molar-refractivity contribution is 0.0298. The summed E-state index contributed by atoms with van der Waals surface area (Å²) in [5.41, 5.74) is 2.36. The van der Waals surface area contributed by atoms with Gasteiger partial charge in [-0.05, 0) is 24.3 Å². The van der Waals surface area contributed by atoms with Gasteiger partial charge in [-0.2, -0.15) is 0 Å². The van der Waals surface area contributed by atoms with Gasteiger partial charge in [0.05, 0.1) is 33.8 Å². The van der Waals surface area contributed by atoms with Gasteiger partial charge in [-0.1, -0.05) is 35.3 Å². The molecular formula is C16H11Cl2N5O2. The molecule has 2 aromatic heterocycles. The monoisotopic (exact) mass is 375 g/mol. The lowest BCUT2D eigenvalue weighted by Gasteiger charge is -2.15. The molecule has 0 aliphatic heterocycles. The molecule has 9 heteroatoms. The number of para-hydroxylation sites is 2. The Morgan fingerprint density at radius 3 is 2.48 bits per heavy atom. The Balaban J connectivity index is 1.98. The smallest absolute Gasteiger partial charge is 0.157 e. The highest BCUT2D eigenvalue weighted by molar-refractivity contribution is 6.39. The molecule has 0 atom stereocenters. The highest BCUT2D eigenvalue weighted by atomic mass is 35.5. The second-order valence-electron chi connectivity index (χ2n) is 5.27. The molecule has 0 saturated heterocycles. The van der Waals surface area contributed by atoms with Gasteiger partial charge < -0.3 is 5.32 Å². The minimum Gasteiger partial charge on any atom is -0.336 e. The molecule has 0 bridgehead atoms. The van der Waals surface area contributed by atoms with E-state index in [1.54, 1.807) is 53.3 Å². The first kappa shape index (κ1) is 15.9. The predicted molar refractivity (Wildman–Crippen MR) is 96.3 cm³/mol. The van der Waals surface area contributed by atoms with E-state index in [0.29, 0.717) is 38.1 Å². The number of halogens is 2. The zero-order chi connectivity index (χ0) is 17.6. The van der Waals surface area contributed by atoms with E-state index in [-0.39, 0.29) is 10.9 Å². The average Bonchev–Trinajstić information content (AvgIpc) is 3.07. The van der Waals surface area contributed by atoms with E-state index in [1.165, 1.54) is 0 Å². The summed E-state index contributed by atoms with van der Waals surface area (Å²) >= 11 is 12.4. The molecule has 7 nitrogen and oxygen atoms in total. The number of hydrogen-bond donors (Lipinski definition) is 3. The molecule has 0 spiro atoms. The molecular weight excluding hydrogens is 365 g/mol. The van der Waals surface area contributed by atoms with Gasteiger partial charge in [0, 0.05) is 0 Å². The van der Waals surface area contributed by atoms with E-state index in [9.17, 15) is 10.4 Å². The molecule has 4 aromatic rings. The van der Waals surface area contributed by atoms with Crippen molar-refractivity contribution in [3.63, 3.8) is 0 Å². The first-order chi connectivity index (χ1) is 12.1. The van der Waals surface area contributed by atoms with Crippen LogP contribution in [0, 0.1) is 0 Å². The Hall–Kier alpha value is -2.58. The third-order valence-corrected chi connectivity index (χ3v) is 4.40. The van der Waals surface area contributed by atoms with Crippen LogP contribution in [0.25, 0.3) is 16.6 Å². The molecule has 25 heavy (non-hydrogen) atoms. The van der Waals surface area contributed by atoms with Crippen molar-refractivity contribution in [1.29, 1.82) is 0 Å². The first-order valence-electron chi connectivity index (χ1n) is 7.20. The van der Waals surface area contributed by atoms with Gasteiger partial charge in [0.25, 0.3) is 0 Å². The van der Waals surface area contributed by atoms with Crippen LogP contribution in [0.3, 0.4) is 0 Å². The summed E-state index contributed by atoms with van der Waals surface area (Å²) in [6.45, 7) is 0. The van der Waals surface area contributed by atoms with Crippen molar-refractivity contribution in [2.24, 2.45) is 0 Å². The minimum atomic E-state index is 0.0570. The lowest BCUT2D eigenvalue weighted by Crippen LogP contribution is -2.13. The summed E-state index contributed by atoms with van der Waals surface area (Å²) in [4.78, 5) is 8.69. The highest BCUT2D eigenvalue weighted by Gasteiger charge is 2.16. The Labute approximate surface area is 151 Å². The van der Waals surface area contributed by atoms with Gasteiger partial charge in [0.2, 0.25) is 0 Å². The van der Waals surface area contributed by atoms with Crippen LogP contribution >= 0.6 is 23.2 Å². The number of rotatable bonds is 3. The second kappa shape index (κ2) is 6.05. The van der Waals surface area contributed by atoms with Crippen LogP contribution in [0.4, 0.5) is 17.2 Å². The number of nitrogens with one attached hydrogen (secondary N) is 1. The fourth-order valence-corrected chi connectivity index (χ4v) is 3.16. The van der Waals surface area contributed by atoms with E-state index in [2.05, 4.69) is 15.3 Å². The van der Waals surface area contributed by atoms with E-state index in [1.807, 2.05) is 0 Å². The molecule has 0 aliphatic carbocycles. The molecule has 3 N–H and O–H groups in total. The van der Waals surface area contributed by atoms with Crippen molar-refractivity contribution in [1.82, 2.24) is 14.4 Å². The molecule has 0 fully saturated rings. The van der Waals surface area contributed by atoms with Crippen molar-refractivity contribution < 1.29 is 10.4 Å². The standard InChI is InChI=1S/C16H11Cl2N5O2/c17-9-3-1-4-10(18)14(9)21-16-13-7-19-8-22(13)15-11(20-16)5-2-6-12(15)23(24)25/h1-8,24-25H,(H,20,21). The van der Waals surface area contributed by atoms with Crippen molar-refractivity contribution in [2.45, 2.75) is 0 Å². The van der Waals surface area contributed by atoms with E-state index < -0.39 is 0 Å². The lowest BCUT2D eigenvalue weighted by atomic mass is 10.2. The molecule has 0 radical (unpaired) electrons. The minimum absolute atomic E-state index is 0.0570. The van der Waals surface area contributed by atoms with Crippen LogP contribution < -0.4 is 10.5 Å². The molecule has 2 aromatic carbocycles. The van der Waals surface area contributed by atoms with Crippen molar-refractivity contribution in [3.8, 4) is 0 Å². The van der Waals surface area contributed by atoms with Gasteiger partial charge in [0.1, 0.15) is 16.7 Å². The maximum absolute atomic E-state index is 9.47. The largest absolute Gasteiger partial charge is 0.336 e. The predicted octanol–water partition coefficient (Wildman–Crippen LogP) is 4.52. The maximum Gasteiger partial charge on any atom is 0.157 e. The summed E-state index contributed by atoms with van der Waals surface area (Å²) in [6.07, 6.45) is 3.17. The SMILES string of the molecule is ON(O)c1cccc2nc(Nc3c(Cl)cccc3Cl)c3cncn3c12. The quantitative estimate of drug-likeness (QED) is 0.456. The molecule has 0 saturated carbocycles. The molecule has 0 amide bonds. The number of hydrogen-bond acceptors (Lipinski definition) is 6. The van der Waals surface area contributed by atoms with Crippen LogP contribution in [0.1, 0.15) is 0 Å². The van der Waals surface area contributed by atoms with Crippen LogP contribution in [0.5, 0.6) is 0 Å². The van der Waals surface area contributed by atoms with Crippen molar-refractivity contribution in [3.05, 3.63) is 59.0 Å². The molecule has 2 heterocycles. The van der Waals surface area contributed by atoms with E-state index in [4.69, 9.17) is 23.2 Å². The van der Waals surface area contributed by atoms with Crippen molar-refractivity contribution >= 4 is 56.9 Å². The topological polar surface area (TPSA) is 85.9 Å². The highest BCUT2D eigenvalue weighted by Crippen LogP contribution is 2.35. The summed E-state index contributed by atoms with van der Waals surface area (Å²) in [7, 11) is 0. The molecule has 0 unspecified atom stereocenters. The van der Waals surface area contributed by atoms with Gasteiger partial charge in [0.15, 0.2) is 5.82 Å². The number of fused-ring (bicyclic) bond motifs is 3. The normalized spacial score (nSPS) is 11.2. The van der Waals surface area contributed by atoms with Crippen molar-refractivity contribution in [2.75, 3.05) is 10.5 Å². The summed E-state index contributed by atoms with van der Waals surface area (Å²) in [6, 6.07) is 10.2. The van der Waals surface area contributed by atoms with Gasteiger partial charge >= 0.3 is 0 Å². The Morgan fingerprint density at radius 1 is 1.04 bits per heavy atom. The van der Waals surface area contributed by atoms with Crippen LogP contribution in [0.2, 0.25) is 10.0 Å². The Kier molecular flexibility index (Phi) is 3.85. The van der Waals surface area contributed by atoms with Crippen LogP contribution in [-0.2, 0) is 0 Å². The molecule has 126 valence electrons. The summed E-state index contributed by atoms with van der Waals surface area (Å²) in [5.74, 6) is 0.486. The number of imidazole rings is 1. The van der Waals surface area contributed by atoms with Gasteiger partial charge in [-0.25, -0.2) is 9.97 Å². The second-order valence-corrected chi connectivity index (χ2v) is 6.08. The van der Waals surface area contributed by atoms with Crippen LogP contribution in [-0.4, -0.2) is 24.8 Å². The zero-order valence-electron chi connectivity index (χ0n) is 12.6. The van der Waals surface area contributed by atoms with Gasteiger partial charge in [-0.15, -0.1) is 5.23 Å². The Morgan fingerprint density at radius 2 is 1.76 bits per heavy atom. The van der Waals surface area contributed by atoms with E-state index in [0.717, 1.165) is 0 Å². The number of nitrogens with zero attached hydrogens (tertiary/aromatic N) is 4. The zero-order valence-corrected chi connectivity index (χ0v) is 14.1. The molecule has 4 rings (SSSR count). The summed E-state index contributed by atoms with van der Waals surface area (Å²) in [5, 5.41) is 23.1. The third-order valence-electron chi connectivity index (χ3n) is 3.77. The number of aromatic nitrogens is 3. The first-order valence-corrected chi connectivity index (χ1v) is 7.95. The third kappa shape index (κ3) is 2.63. The Bertz CT molecular complexity index is 1080. The fourth-order valence-electron chi connectivity index (χ4n) is 2.67. The fraction of sp³-hybridized carbons (Fsp3) is 0. The van der Waals surface area contributed by atoms with Crippen LogP contribution in [0.15, 0.2) is 48.9 Å². The average molecular weight is 376 g/mol.